The first-order valence-electron chi connectivity index (χ1n) is 8.12. The van der Waals surface area contributed by atoms with Crippen LogP contribution in [0.5, 0.6) is 0 Å². The lowest BCUT2D eigenvalue weighted by molar-refractivity contribution is 0.129. The Bertz CT molecular complexity index is 243. The molecule has 106 valence electrons. The average Bonchev–Trinajstić information content (AvgIpc) is 2.69. The van der Waals surface area contributed by atoms with E-state index >= 15 is 0 Å². The van der Waals surface area contributed by atoms with Gasteiger partial charge >= 0.3 is 0 Å². The van der Waals surface area contributed by atoms with Crippen molar-refractivity contribution in [1.82, 2.24) is 10.2 Å². The van der Waals surface area contributed by atoms with Crippen LogP contribution in [0.3, 0.4) is 0 Å². The van der Waals surface area contributed by atoms with Gasteiger partial charge < -0.3 is 5.32 Å². The van der Waals surface area contributed by atoms with E-state index in [2.05, 4.69) is 31.0 Å². The van der Waals surface area contributed by atoms with Gasteiger partial charge in [0.25, 0.3) is 0 Å². The van der Waals surface area contributed by atoms with Gasteiger partial charge in [-0.3, -0.25) is 4.90 Å². The van der Waals surface area contributed by atoms with Crippen LogP contribution in [-0.4, -0.2) is 36.1 Å². The van der Waals surface area contributed by atoms with Gasteiger partial charge in [-0.15, -0.1) is 0 Å². The first-order valence-corrected chi connectivity index (χ1v) is 8.12. The van der Waals surface area contributed by atoms with Crippen LogP contribution in [0, 0.1) is 5.92 Å². The van der Waals surface area contributed by atoms with Crippen LogP contribution in [0.15, 0.2) is 0 Å². The summed E-state index contributed by atoms with van der Waals surface area (Å²) in [6.07, 6.45) is 10.0. The third-order valence-electron chi connectivity index (χ3n) is 5.17. The molecule has 0 aromatic heterocycles. The maximum absolute atomic E-state index is 3.78. The minimum atomic E-state index is 0.433. The van der Waals surface area contributed by atoms with Gasteiger partial charge in [0, 0.05) is 18.1 Å². The van der Waals surface area contributed by atoms with E-state index < -0.39 is 0 Å². The Morgan fingerprint density at radius 3 is 2.44 bits per heavy atom. The Morgan fingerprint density at radius 1 is 1.17 bits per heavy atom. The van der Waals surface area contributed by atoms with Crippen molar-refractivity contribution in [3.05, 3.63) is 0 Å². The minimum absolute atomic E-state index is 0.433. The number of nitrogens with zero attached hydrogens (tertiary/aromatic N) is 1. The molecule has 1 atom stereocenters. The Labute approximate surface area is 114 Å². The molecule has 1 aliphatic heterocycles. The first-order chi connectivity index (χ1) is 8.63. The molecule has 2 aliphatic rings. The maximum Gasteiger partial charge on any atom is 0.0223 e. The van der Waals surface area contributed by atoms with Crippen LogP contribution >= 0.6 is 0 Å². The third kappa shape index (κ3) is 3.48. The highest BCUT2D eigenvalue weighted by molar-refractivity contribution is 4.92. The van der Waals surface area contributed by atoms with Crippen LogP contribution in [-0.2, 0) is 0 Å². The zero-order valence-electron chi connectivity index (χ0n) is 12.7. The lowest BCUT2D eigenvalue weighted by Gasteiger charge is -2.38. The van der Waals surface area contributed by atoms with E-state index in [4.69, 9.17) is 0 Å². The molecule has 0 aromatic carbocycles. The number of nitrogens with one attached hydrogen (secondary N) is 1. The van der Waals surface area contributed by atoms with Gasteiger partial charge in [-0.25, -0.2) is 0 Å². The molecule has 0 amide bonds. The predicted octanol–water partition coefficient (Wildman–Crippen LogP) is 3.42. The van der Waals surface area contributed by atoms with Gasteiger partial charge in [0.2, 0.25) is 0 Å². The monoisotopic (exact) mass is 252 g/mol. The summed E-state index contributed by atoms with van der Waals surface area (Å²) in [5.41, 5.74) is 0.433. The van der Waals surface area contributed by atoms with E-state index in [9.17, 15) is 0 Å². The van der Waals surface area contributed by atoms with Gasteiger partial charge in [0.1, 0.15) is 0 Å². The Hall–Kier alpha value is -0.0800. The fourth-order valence-corrected chi connectivity index (χ4v) is 3.92. The second-order valence-electron chi connectivity index (χ2n) is 6.92. The molecule has 1 unspecified atom stereocenters. The summed E-state index contributed by atoms with van der Waals surface area (Å²) >= 11 is 0. The number of likely N-dealkylation sites (N-methyl/N-ethyl adjacent to an activating group) is 1. The molecule has 0 aromatic rings. The fourth-order valence-electron chi connectivity index (χ4n) is 3.92. The average molecular weight is 252 g/mol. The Kier molecular flexibility index (Phi) is 5.08. The molecule has 2 heteroatoms. The van der Waals surface area contributed by atoms with E-state index in [0.29, 0.717) is 5.54 Å². The standard InChI is InChI=1S/C16H32N2/c1-4-17-15(14-9-6-5-7-10-14)13-18-12-8-11-16(18,2)3/h14-15,17H,4-13H2,1-3H3. The van der Waals surface area contributed by atoms with E-state index in [1.807, 2.05) is 0 Å². The van der Waals surface area contributed by atoms with Crippen molar-refractivity contribution >= 4 is 0 Å². The molecule has 18 heavy (non-hydrogen) atoms. The molecule has 2 rings (SSSR count). The quantitative estimate of drug-likeness (QED) is 0.806. The van der Waals surface area contributed by atoms with E-state index in [1.165, 1.54) is 58.0 Å². The number of likely N-dealkylation sites (tertiary alicyclic amines) is 1. The summed E-state index contributed by atoms with van der Waals surface area (Å²) < 4.78 is 0. The normalized spacial score (nSPS) is 27.5. The van der Waals surface area contributed by atoms with Crippen LogP contribution in [0.2, 0.25) is 0 Å². The Morgan fingerprint density at radius 2 is 1.89 bits per heavy atom. The SMILES string of the molecule is CCNC(CN1CCCC1(C)C)C1CCCCC1. The summed E-state index contributed by atoms with van der Waals surface area (Å²) in [6.45, 7) is 10.8. The van der Waals surface area contributed by atoms with Crippen molar-refractivity contribution in [2.45, 2.75) is 77.3 Å². The molecule has 1 aliphatic carbocycles. The van der Waals surface area contributed by atoms with E-state index in [0.717, 1.165) is 18.5 Å². The van der Waals surface area contributed by atoms with E-state index in [1.54, 1.807) is 0 Å². The van der Waals surface area contributed by atoms with Crippen molar-refractivity contribution in [3.63, 3.8) is 0 Å². The van der Waals surface area contributed by atoms with Crippen LogP contribution < -0.4 is 5.32 Å². The highest BCUT2D eigenvalue weighted by atomic mass is 15.2. The molecule has 1 saturated heterocycles. The zero-order chi connectivity index (χ0) is 13.0. The lowest BCUT2D eigenvalue weighted by atomic mass is 9.83. The predicted molar refractivity (Wildman–Crippen MR) is 78.9 cm³/mol. The van der Waals surface area contributed by atoms with Crippen molar-refractivity contribution in [3.8, 4) is 0 Å². The summed E-state index contributed by atoms with van der Waals surface area (Å²) in [5.74, 6) is 0.926. The third-order valence-corrected chi connectivity index (χ3v) is 5.17. The molecule has 2 nitrogen and oxygen atoms in total. The summed E-state index contributed by atoms with van der Waals surface area (Å²) in [5, 5.41) is 3.78. The second kappa shape index (κ2) is 6.38. The van der Waals surface area contributed by atoms with Crippen molar-refractivity contribution in [2.24, 2.45) is 5.92 Å². The molecule has 1 saturated carbocycles. The molecular weight excluding hydrogens is 220 g/mol. The summed E-state index contributed by atoms with van der Waals surface area (Å²) in [7, 11) is 0. The lowest BCUT2D eigenvalue weighted by Crippen LogP contribution is -2.50. The van der Waals surface area contributed by atoms with E-state index in [-0.39, 0.29) is 0 Å². The highest BCUT2D eigenvalue weighted by Gasteiger charge is 2.34. The molecule has 1 N–H and O–H groups in total. The molecule has 0 spiro atoms. The Balaban J connectivity index is 1.92. The zero-order valence-corrected chi connectivity index (χ0v) is 12.7. The molecule has 1 heterocycles. The first kappa shape index (κ1) is 14.3. The fraction of sp³-hybridized carbons (Fsp3) is 1.00. The minimum Gasteiger partial charge on any atom is -0.313 e. The smallest absolute Gasteiger partial charge is 0.0223 e. The molecular formula is C16H32N2. The van der Waals surface area contributed by atoms with Crippen molar-refractivity contribution in [2.75, 3.05) is 19.6 Å². The van der Waals surface area contributed by atoms with Crippen molar-refractivity contribution < 1.29 is 0 Å². The van der Waals surface area contributed by atoms with Crippen molar-refractivity contribution in [1.29, 1.82) is 0 Å². The molecule has 0 radical (unpaired) electrons. The highest BCUT2D eigenvalue weighted by Crippen LogP contribution is 2.31. The topological polar surface area (TPSA) is 15.3 Å². The second-order valence-corrected chi connectivity index (χ2v) is 6.92. The maximum atomic E-state index is 3.78. The largest absolute Gasteiger partial charge is 0.313 e. The van der Waals surface area contributed by atoms with Crippen LogP contribution in [0.4, 0.5) is 0 Å². The van der Waals surface area contributed by atoms with Crippen LogP contribution in [0.1, 0.15) is 65.7 Å². The molecule has 2 fully saturated rings. The van der Waals surface area contributed by atoms with Gasteiger partial charge in [0.05, 0.1) is 0 Å². The number of hydrogen-bond donors (Lipinski definition) is 1. The van der Waals surface area contributed by atoms with Crippen LogP contribution in [0.25, 0.3) is 0 Å². The van der Waals surface area contributed by atoms with Gasteiger partial charge in [-0.05, 0) is 58.5 Å². The van der Waals surface area contributed by atoms with Gasteiger partial charge in [-0.1, -0.05) is 26.2 Å². The number of hydrogen-bond acceptors (Lipinski definition) is 2. The van der Waals surface area contributed by atoms with Gasteiger partial charge in [-0.2, -0.15) is 0 Å². The van der Waals surface area contributed by atoms with Gasteiger partial charge in [0.15, 0.2) is 0 Å². The molecule has 0 bridgehead atoms. The number of rotatable bonds is 5. The summed E-state index contributed by atoms with van der Waals surface area (Å²) in [4.78, 5) is 2.73. The summed E-state index contributed by atoms with van der Waals surface area (Å²) in [6, 6.07) is 0.729.